The average Bonchev–Trinajstić information content (AvgIpc) is 3.13. The van der Waals surface area contributed by atoms with E-state index < -0.39 is 0 Å². The molecule has 1 aromatic heterocycles. The van der Waals surface area contributed by atoms with Crippen LogP contribution in [0.25, 0.3) is 11.4 Å². The zero-order valence-corrected chi connectivity index (χ0v) is 14.6. The van der Waals surface area contributed by atoms with Crippen LogP contribution in [0.1, 0.15) is 19.8 Å². The molecule has 7 nitrogen and oxygen atoms in total. The predicted molar refractivity (Wildman–Crippen MR) is 98.7 cm³/mol. The molecule has 7 heteroatoms. The van der Waals surface area contributed by atoms with Crippen molar-refractivity contribution in [2.45, 2.75) is 26.3 Å². The van der Waals surface area contributed by atoms with E-state index in [4.69, 9.17) is 4.74 Å². The van der Waals surface area contributed by atoms with Crippen LogP contribution < -0.4 is 10.1 Å². The van der Waals surface area contributed by atoms with Gasteiger partial charge >= 0.3 is 0 Å². The number of carbonyl (C=O) groups excluding carboxylic acids is 1. The zero-order chi connectivity index (χ0) is 18.2. The van der Waals surface area contributed by atoms with Crippen LogP contribution >= 0.6 is 0 Å². The zero-order valence-electron chi connectivity index (χ0n) is 14.6. The molecule has 0 atom stereocenters. The Morgan fingerprint density at radius 2 is 1.88 bits per heavy atom. The molecule has 1 amide bonds. The molecule has 1 N–H and O–H groups in total. The topological polar surface area (TPSA) is 81.9 Å². The second-order valence-electron chi connectivity index (χ2n) is 5.68. The summed E-state index contributed by atoms with van der Waals surface area (Å²) >= 11 is 0. The van der Waals surface area contributed by atoms with E-state index in [1.807, 2.05) is 61.5 Å². The largest absolute Gasteiger partial charge is 0.494 e. The number of aryl methyl sites for hydroxylation is 1. The van der Waals surface area contributed by atoms with Gasteiger partial charge in [-0.2, -0.15) is 4.80 Å². The second kappa shape index (κ2) is 8.75. The SMILES string of the molecule is CCOc1ccc(NC(=O)CCCn2nnc(-c3ccccc3)n2)cc1. The second-order valence-corrected chi connectivity index (χ2v) is 5.68. The average molecular weight is 351 g/mol. The Labute approximate surface area is 152 Å². The first kappa shape index (κ1) is 17.6. The Balaban J connectivity index is 1.44. The molecule has 0 spiro atoms. The van der Waals surface area contributed by atoms with E-state index in [2.05, 4.69) is 20.7 Å². The molecule has 0 radical (unpaired) electrons. The maximum absolute atomic E-state index is 12.0. The van der Waals surface area contributed by atoms with Gasteiger partial charge in [0.25, 0.3) is 0 Å². The first-order chi connectivity index (χ1) is 12.7. The van der Waals surface area contributed by atoms with Gasteiger partial charge in [0.05, 0.1) is 13.2 Å². The highest BCUT2D eigenvalue weighted by Crippen LogP contribution is 2.16. The first-order valence-electron chi connectivity index (χ1n) is 8.60. The summed E-state index contributed by atoms with van der Waals surface area (Å²) in [6.07, 6.45) is 1.02. The van der Waals surface area contributed by atoms with Crippen LogP contribution in [0.4, 0.5) is 5.69 Å². The number of benzene rings is 2. The highest BCUT2D eigenvalue weighted by molar-refractivity contribution is 5.90. The predicted octanol–water partition coefficient (Wildman–Crippen LogP) is 3.16. The lowest BCUT2D eigenvalue weighted by molar-refractivity contribution is -0.116. The van der Waals surface area contributed by atoms with Gasteiger partial charge in [0, 0.05) is 17.7 Å². The lowest BCUT2D eigenvalue weighted by atomic mass is 10.2. The molecule has 0 saturated heterocycles. The van der Waals surface area contributed by atoms with Gasteiger partial charge in [-0.05, 0) is 42.8 Å². The molecule has 0 aliphatic heterocycles. The maximum Gasteiger partial charge on any atom is 0.224 e. The summed E-state index contributed by atoms with van der Waals surface area (Å²) in [5, 5.41) is 15.3. The quantitative estimate of drug-likeness (QED) is 0.674. The number of ether oxygens (including phenoxy) is 1. The molecular weight excluding hydrogens is 330 g/mol. The fraction of sp³-hybridized carbons (Fsp3) is 0.263. The number of rotatable bonds is 8. The lowest BCUT2D eigenvalue weighted by Gasteiger charge is -2.07. The molecule has 0 saturated carbocycles. The van der Waals surface area contributed by atoms with E-state index in [1.54, 1.807) is 0 Å². The molecule has 0 bridgehead atoms. The number of tetrazole rings is 1. The molecule has 3 aromatic rings. The molecule has 0 unspecified atom stereocenters. The number of nitrogens with zero attached hydrogens (tertiary/aromatic N) is 4. The van der Waals surface area contributed by atoms with Crippen molar-refractivity contribution in [2.75, 3.05) is 11.9 Å². The van der Waals surface area contributed by atoms with Gasteiger partial charge in [0.15, 0.2) is 0 Å². The molecule has 0 aliphatic carbocycles. The van der Waals surface area contributed by atoms with Gasteiger partial charge in [0.2, 0.25) is 11.7 Å². The molecule has 26 heavy (non-hydrogen) atoms. The van der Waals surface area contributed by atoms with E-state index >= 15 is 0 Å². The maximum atomic E-state index is 12.0. The fourth-order valence-corrected chi connectivity index (χ4v) is 2.45. The van der Waals surface area contributed by atoms with Crippen LogP contribution in [-0.2, 0) is 11.3 Å². The third-order valence-electron chi connectivity index (χ3n) is 3.70. The van der Waals surface area contributed by atoms with Crippen LogP contribution in [0, 0.1) is 0 Å². The van der Waals surface area contributed by atoms with Crippen molar-refractivity contribution in [1.82, 2.24) is 20.2 Å². The van der Waals surface area contributed by atoms with Crippen molar-refractivity contribution in [3.63, 3.8) is 0 Å². The van der Waals surface area contributed by atoms with Crippen molar-refractivity contribution < 1.29 is 9.53 Å². The highest BCUT2D eigenvalue weighted by Gasteiger charge is 2.07. The molecule has 2 aromatic carbocycles. The number of amides is 1. The molecule has 1 heterocycles. The number of aromatic nitrogens is 4. The van der Waals surface area contributed by atoms with Crippen LogP contribution in [0.15, 0.2) is 54.6 Å². The van der Waals surface area contributed by atoms with Gasteiger partial charge in [0.1, 0.15) is 5.75 Å². The third-order valence-corrected chi connectivity index (χ3v) is 3.70. The Morgan fingerprint density at radius 1 is 1.12 bits per heavy atom. The normalized spacial score (nSPS) is 10.5. The van der Waals surface area contributed by atoms with Crippen LogP contribution in [-0.4, -0.2) is 32.7 Å². The number of hydrogen-bond donors (Lipinski definition) is 1. The minimum atomic E-state index is -0.0439. The Morgan fingerprint density at radius 3 is 2.62 bits per heavy atom. The molecule has 0 fully saturated rings. The van der Waals surface area contributed by atoms with Gasteiger partial charge < -0.3 is 10.1 Å². The summed E-state index contributed by atoms with van der Waals surface area (Å²) in [5.74, 6) is 1.33. The van der Waals surface area contributed by atoms with E-state index in [1.165, 1.54) is 4.80 Å². The summed E-state index contributed by atoms with van der Waals surface area (Å²) < 4.78 is 5.38. The standard InChI is InChI=1S/C19H21N5O2/c1-2-26-17-12-10-16(11-13-17)20-18(25)9-6-14-24-22-19(21-23-24)15-7-4-3-5-8-15/h3-5,7-8,10-13H,2,6,9,14H2,1H3,(H,20,25). The molecule has 0 aliphatic rings. The van der Waals surface area contributed by atoms with Crippen LogP contribution in [0.2, 0.25) is 0 Å². The van der Waals surface area contributed by atoms with E-state index in [-0.39, 0.29) is 5.91 Å². The monoisotopic (exact) mass is 351 g/mol. The number of nitrogens with one attached hydrogen (secondary N) is 1. The summed E-state index contributed by atoms with van der Waals surface area (Å²) in [5.41, 5.74) is 1.68. The first-order valence-corrected chi connectivity index (χ1v) is 8.60. The molecule has 3 rings (SSSR count). The van der Waals surface area contributed by atoms with E-state index in [0.29, 0.717) is 31.8 Å². The molecule has 134 valence electrons. The van der Waals surface area contributed by atoms with Gasteiger partial charge in [-0.25, -0.2) is 0 Å². The van der Waals surface area contributed by atoms with Crippen molar-refractivity contribution in [2.24, 2.45) is 0 Å². The summed E-state index contributed by atoms with van der Waals surface area (Å²) in [6, 6.07) is 17.0. The van der Waals surface area contributed by atoms with Crippen LogP contribution in [0.3, 0.4) is 0 Å². The minimum Gasteiger partial charge on any atom is -0.494 e. The number of anilines is 1. The van der Waals surface area contributed by atoms with Gasteiger partial charge in [-0.3, -0.25) is 4.79 Å². The summed E-state index contributed by atoms with van der Waals surface area (Å²) in [4.78, 5) is 13.6. The Kier molecular flexibility index (Phi) is 5.92. The number of hydrogen-bond acceptors (Lipinski definition) is 5. The van der Waals surface area contributed by atoms with Crippen molar-refractivity contribution >= 4 is 11.6 Å². The van der Waals surface area contributed by atoms with Crippen molar-refractivity contribution in [3.05, 3.63) is 54.6 Å². The van der Waals surface area contributed by atoms with Crippen molar-refractivity contribution in [3.8, 4) is 17.1 Å². The summed E-state index contributed by atoms with van der Waals surface area (Å²) in [6.45, 7) is 3.09. The summed E-state index contributed by atoms with van der Waals surface area (Å²) in [7, 11) is 0. The van der Waals surface area contributed by atoms with Crippen LogP contribution in [0.5, 0.6) is 5.75 Å². The van der Waals surface area contributed by atoms with Gasteiger partial charge in [-0.15, -0.1) is 10.2 Å². The smallest absolute Gasteiger partial charge is 0.224 e. The number of carbonyl (C=O) groups is 1. The van der Waals surface area contributed by atoms with E-state index in [0.717, 1.165) is 17.0 Å². The Bertz CT molecular complexity index is 831. The Hall–Kier alpha value is -3.22. The highest BCUT2D eigenvalue weighted by atomic mass is 16.5. The third kappa shape index (κ3) is 4.89. The lowest BCUT2D eigenvalue weighted by Crippen LogP contribution is -2.13. The van der Waals surface area contributed by atoms with Gasteiger partial charge in [-0.1, -0.05) is 30.3 Å². The fourth-order valence-electron chi connectivity index (χ4n) is 2.45. The minimum absolute atomic E-state index is 0.0439. The van der Waals surface area contributed by atoms with Crippen molar-refractivity contribution in [1.29, 1.82) is 0 Å². The van der Waals surface area contributed by atoms with E-state index in [9.17, 15) is 4.79 Å². The molecular formula is C19H21N5O2.